The molecule has 2 rings (SSSR count). The zero-order valence-corrected chi connectivity index (χ0v) is 19.0. The van der Waals surface area contributed by atoms with Crippen molar-refractivity contribution in [3.8, 4) is 22.6 Å². The summed E-state index contributed by atoms with van der Waals surface area (Å²) in [5, 5.41) is 0. The van der Waals surface area contributed by atoms with Gasteiger partial charge in [-0.05, 0) is 63.1 Å². The third-order valence-electron chi connectivity index (χ3n) is 4.38. The number of carbonyl (C=O) groups is 4. The largest absolute Gasteiger partial charge is 0.462 e. The first-order chi connectivity index (χ1) is 15.1. The lowest BCUT2D eigenvalue weighted by atomic mass is 9.88. The molecule has 0 bridgehead atoms. The van der Waals surface area contributed by atoms with Crippen LogP contribution in [-0.4, -0.2) is 37.1 Å². The Morgan fingerprint density at radius 3 is 1.28 bits per heavy atom. The molecule has 0 amide bonds. The molecular formula is C24H26O8. The minimum Gasteiger partial charge on any atom is -0.462 e. The summed E-state index contributed by atoms with van der Waals surface area (Å²) in [6, 6.07) is 5.98. The number of aryl methyl sites for hydroxylation is 2. The van der Waals surface area contributed by atoms with Crippen molar-refractivity contribution in [3.05, 3.63) is 46.5 Å². The van der Waals surface area contributed by atoms with E-state index in [1.165, 1.54) is 26.0 Å². The van der Waals surface area contributed by atoms with Gasteiger partial charge in [-0.3, -0.25) is 9.59 Å². The molecule has 8 heteroatoms. The standard InChI is InChI=1S/C24H26O8/c1-7-29-23(27)19-11-17(31-15(5)25)9-13(3)21(19)22-14(4)10-18(32-16(6)26)12-20(22)24(28)30-8-2/h9-12H,7-8H2,1-6H3. The fourth-order valence-corrected chi connectivity index (χ4v) is 3.36. The van der Waals surface area contributed by atoms with E-state index in [0.717, 1.165) is 0 Å². The number of benzene rings is 2. The van der Waals surface area contributed by atoms with Crippen LogP contribution in [0.2, 0.25) is 0 Å². The molecule has 0 aliphatic heterocycles. The number of rotatable bonds is 7. The van der Waals surface area contributed by atoms with Crippen LogP contribution in [0.15, 0.2) is 24.3 Å². The van der Waals surface area contributed by atoms with Crippen LogP contribution in [0.25, 0.3) is 11.1 Å². The molecule has 0 heterocycles. The SMILES string of the molecule is CCOC(=O)c1cc(OC(C)=O)cc(C)c1-c1c(C)cc(OC(C)=O)cc1C(=O)OCC. The van der Waals surface area contributed by atoms with Crippen LogP contribution in [0.3, 0.4) is 0 Å². The van der Waals surface area contributed by atoms with E-state index in [1.807, 2.05) is 0 Å². The fraction of sp³-hybridized carbons (Fsp3) is 0.333. The highest BCUT2D eigenvalue weighted by Crippen LogP contribution is 2.38. The van der Waals surface area contributed by atoms with Crippen LogP contribution in [0.5, 0.6) is 11.5 Å². The molecule has 32 heavy (non-hydrogen) atoms. The Morgan fingerprint density at radius 1 is 0.656 bits per heavy atom. The van der Waals surface area contributed by atoms with Gasteiger partial charge in [-0.1, -0.05) is 0 Å². The van der Waals surface area contributed by atoms with Crippen molar-refractivity contribution in [3.63, 3.8) is 0 Å². The van der Waals surface area contributed by atoms with Crippen LogP contribution in [-0.2, 0) is 19.1 Å². The van der Waals surface area contributed by atoms with Crippen molar-refractivity contribution < 1.29 is 38.1 Å². The average Bonchev–Trinajstić information content (AvgIpc) is 2.67. The molecule has 0 spiro atoms. The van der Waals surface area contributed by atoms with Gasteiger partial charge in [0.05, 0.1) is 24.3 Å². The van der Waals surface area contributed by atoms with Gasteiger partial charge in [0.1, 0.15) is 11.5 Å². The topological polar surface area (TPSA) is 105 Å². The first-order valence-corrected chi connectivity index (χ1v) is 10.1. The average molecular weight is 442 g/mol. The van der Waals surface area contributed by atoms with Gasteiger partial charge in [-0.2, -0.15) is 0 Å². The van der Waals surface area contributed by atoms with Crippen molar-refractivity contribution in [1.82, 2.24) is 0 Å². The number of carbonyl (C=O) groups excluding carboxylic acids is 4. The Morgan fingerprint density at radius 2 is 1.00 bits per heavy atom. The summed E-state index contributed by atoms with van der Waals surface area (Å²) in [6.07, 6.45) is 0. The highest BCUT2D eigenvalue weighted by atomic mass is 16.5. The molecule has 0 aromatic heterocycles. The zero-order valence-electron chi connectivity index (χ0n) is 19.0. The Bertz CT molecular complexity index is 983. The van der Waals surface area contributed by atoms with Crippen molar-refractivity contribution in [2.75, 3.05) is 13.2 Å². The lowest BCUT2D eigenvalue weighted by Crippen LogP contribution is -2.13. The third kappa shape index (κ3) is 5.72. The third-order valence-corrected chi connectivity index (χ3v) is 4.38. The monoisotopic (exact) mass is 442 g/mol. The van der Waals surface area contributed by atoms with Crippen molar-refractivity contribution in [1.29, 1.82) is 0 Å². The summed E-state index contributed by atoms with van der Waals surface area (Å²) in [5.41, 5.74) is 2.24. The molecular weight excluding hydrogens is 416 g/mol. The lowest BCUT2D eigenvalue weighted by Gasteiger charge is -2.19. The van der Waals surface area contributed by atoms with Gasteiger partial charge in [0.25, 0.3) is 0 Å². The van der Waals surface area contributed by atoms with Gasteiger partial charge >= 0.3 is 23.9 Å². The maximum absolute atomic E-state index is 12.8. The predicted molar refractivity (Wildman–Crippen MR) is 116 cm³/mol. The van der Waals surface area contributed by atoms with Gasteiger partial charge in [-0.15, -0.1) is 0 Å². The van der Waals surface area contributed by atoms with Gasteiger partial charge < -0.3 is 18.9 Å². The lowest BCUT2D eigenvalue weighted by molar-refractivity contribution is -0.132. The molecule has 8 nitrogen and oxygen atoms in total. The fourth-order valence-electron chi connectivity index (χ4n) is 3.36. The van der Waals surface area contributed by atoms with Gasteiger partial charge in [0.15, 0.2) is 0 Å². The minimum atomic E-state index is -0.641. The molecule has 0 N–H and O–H groups in total. The molecule has 0 atom stereocenters. The maximum Gasteiger partial charge on any atom is 0.338 e. The van der Waals surface area contributed by atoms with Crippen molar-refractivity contribution in [2.45, 2.75) is 41.5 Å². The number of hydrogen-bond donors (Lipinski definition) is 0. The molecule has 170 valence electrons. The first-order valence-electron chi connectivity index (χ1n) is 10.1. The number of esters is 4. The summed E-state index contributed by atoms with van der Waals surface area (Å²) < 4.78 is 20.7. The van der Waals surface area contributed by atoms with E-state index >= 15 is 0 Å². The van der Waals surface area contributed by atoms with Crippen LogP contribution < -0.4 is 9.47 Å². The predicted octanol–water partition coefficient (Wildman–Crippen LogP) is 4.17. The molecule has 0 fully saturated rings. The Hall–Kier alpha value is -3.68. The Balaban J connectivity index is 2.87. The van der Waals surface area contributed by atoms with E-state index in [0.29, 0.717) is 22.3 Å². The molecule has 0 saturated heterocycles. The zero-order chi connectivity index (χ0) is 24.0. The van der Waals surface area contributed by atoms with Crippen LogP contribution in [0, 0.1) is 13.8 Å². The smallest absolute Gasteiger partial charge is 0.338 e. The first kappa shape index (κ1) is 24.6. The Labute approximate surface area is 186 Å². The van der Waals surface area contributed by atoms with Crippen molar-refractivity contribution in [2.24, 2.45) is 0 Å². The summed E-state index contributed by atoms with van der Waals surface area (Å²) in [6.45, 7) is 9.55. The normalized spacial score (nSPS) is 10.3. The highest BCUT2D eigenvalue weighted by Gasteiger charge is 2.26. The van der Waals surface area contributed by atoms with E-state index < -0.39 is 23.9 Å². The second-order valence-corrected chi connectivity index (χ2v) is 6.95. The number of hydrogen-bond acceptors (Lipinski definition) is 8. The second-order valence-electron chi connectivity index (χ2n) is 6.95. The summed E-state index contributed by atoms with van der Waals surface area (Å²) in [5.74, 6) is -2.01. The quantitative estimate of drug-likeness (QED) is 0.465. The van der Waals surface area contributed by atoms with Gasteiger partial charge in [0, 0.05) is 25.0 Å². The molecule has 0 radical (unpaired) electrons. The van der Waals surface area contributed by atoms with E-state index in [-0.39, 0.29) is 35.8 Å². The molecule has 2 aromatic carbocycles. The molecule has 0 unspecified atom stereocenters. The summed E-state index contributed by atoms with van der Waals surface area (Å²) in [4.78, 5) is 48.5. The van der Waals surface area contributed by atoms with Crippen molar-refractivity contribution >= 4 is 23.9 Å². The van der Waals surface area contributed by atoms with E-state index in [9.17, 15) is 19.2 Å². The van der Waals surface area contributed by atoms with E-state index in [1.54, 1.807) is 39.8 Å². The molecule has 0 aliphatic rings. The number of ether oxygens (including phenoxy) is 4. The molecule has 2 aromatic rings. The van der Waals surface area contributed by atoms with E-state index in [4.69, 9.17) is 18.9 Å². The molecule has 0 saturated carbocycles. The van der Waals surface area contributed by atoms with Gasteiger partial charge in [-0.25, -0.2) is 9.59 Å². The van der Waals surface area contributed by atoms with Crippen LogP contribution in [0.4, 0.5) is 0 Å². The summed E-state index contributed by atoms with van der Waals surface area (Å²) in [7, 11) is 0. The van der Waals surface area contributed by atoms with Crippen LogP contribution in [0.1, 0.15) is 59.5 Å². The summed E-state index contributed by atoms with van der Waals surface area (Å²) >= 11 is 0. The highest BCUT2D eigenvalue weighted by molar-refractivity contribution is 6.05. The van der Waals surface area contributed by atoms with E-state index in [2.05, 4.69) is 0 Å². The Kier molecular flexibility index (Phi) is 8.12. The van der Waals surface area contributed by atoms with Crippen LogP contribution >= 0.6 is 0 Å². The second kappa shape index (κ2) is 10.6. The minimum absolute atomic E-state index is 0.122. The van der Waals surface area contributed by atoms with Gasteiger partial charge in [0.2, 0.25) is 0 Å². The molecule has 0 aliphatic carbocycles. The maximum atomic E-state index is 12.8.